The second-order valence-corrected chi connectivity index (χ2v) is 6.87. The van der Waals surface area contributed by atoms with Crippen LogP contribution >= 0.6 is 0 Å². The fourth-order valence-corrected chi connectivity index (χ4v) is 3.69. The van der Waals surface area contributed by atoms with E-state index in [9.17, 15) is 19.1 Å². The van der Waals surface area contributed by atoms with Crippen LogP contribution in [0.5, 0.6) is 0 Å². The summed E-state index contributed by atoms with van der Waals surface area (Å²) in [6.45, 7) is -0.354. The van der Waals surface area contributed by atoms with E-state index in [0.29, 0.717) is 11.1 Å². The number of amides is 3. The number of imide groups is 1. The van der Waals surface area contributed by atoms with Crippen molar-refractivity contribution < 1.29 is 19.1 Å². The predicted octanol–water partition coefficient (Wildman–Crippen LogP) is 3.35. The molecule has 3 aromatic rings. The van der Waals surface area contributed by atoms with Gasteiger partial charge in [0.25, 0.3) is 5.91 Å². The number of hydrogen-bond acceptors (Lipinski definition) is 3. The number of urea groups is 1. The fraction of sp³-hybridized carbons (Fsp3) is 0.130. The molecule has 1 fully saturated rings. The smallest absolute Gasteiger partial charge is 0.325 e. The van der Waals surface area contributed by atoms with Gasteiger partial charge in [-0.25, -0.2) is 9.18 Å². The van der Waals surface area contributed by atoms with Gasteiger partial charge in [0.1, 0.15) is 5.82 Å². The number of aliphatic hydroxyl groups is 1. The van der Waals surface area contributed by atoms with Crippen LogP contribution in [0.2, 0.25) is 0 Å². The van der Waals surface area contributed by atoms with Gasteiger partial charge in [0.05, 0.1) is 12.6 Å². The van der Waals surface area contributed by atoms with Crippen LogP contribution in [0.15, 0.2) is 84.9 Å². The van der Waals surface area contributed by atoms with Gasteiger partial charge in [0.2, 0.25) is 0 Å². The molecule has 1 saturated heterocycles. The van der Waals surface area contributed by atoms with Crippen LogP contribution in [-0.4, -0.2) is 28.5 Å². The zero-order valence-corrected chi connectivity index (χ0v) is 15.5. The summed E-state index contributed by atoms with van der Waals surface area (Å²) in [7, 11) is 0. The molecule has 146 valence electrons. The molecule has 0 radical (unpaired) electrons. The molecule has 1 aliphatic rings. The lowest BCUT2D eigenvalue weighted by molar-refractivity contribution is -0.131. The van der Waals surface area contributed by atoms with Gasteiger partial charge in [0, 0.05) is 5.56 Å². The third-order valence-electron chi connectivity index (χ3n) is 5.14. The van der Waals surface area contributed by atoms with Crippen molar-refractivity contribution in [3.05, 3.63) is 107 Å². The number of carbonyl (C=O) groups is 2. The molecular formula is C23H19FN2O3. The average Bonchev–Trinajstić information content (AvgIpc) is 3.01. The summed E-state index contributed by atoms with van der Waals surface area (Å²) >= 11 is 0. The number of nitrogens with one attached hydrogen (secondary N) is 1. The molecule has 5 nitrogen and oxygen atoms in total. The average molecular weight is 390 g/mol. The molecule has 1 aliphatic heterocycles. The third-order valence-corrected chi connectivity index (χ3v) is 5.14. The molecule has 29 heavy (non-hydrogen) atoms. The zero-order chi connectivity index (χ0) is 20.4. The highest BCUT2D eigenvalue weighted by Crippen LogP contribution is 2.36. The SMILES string of the molecule is O=C1NC(c2ccccc2)(c2ccccc2)C(=O)N1C[C@@H](O)c1ccccc1F. The van der Waals surface area contributed by atoms with Crippen LogP contribution in [0.3, 0.4) is 0 Å². The summed E-state index contributed by atoms with van der Waals surface area (Å²) in [5, 5.41) is 13.3. The van der Waals surface area contributed by atoms with Gasteiger partial charge in [-0.05, 0) is 17.2 Å². The predicted molar refractivity (Wildman–Crippen MR) is 105 cm³/mol. The topological polar surface area (TPSA) is 69.6 Å². The lowest BCUT2D eigenvalue weighted by Gasteiger charge is -2.28. The molecule has 0 saturated carbocycles. The number of nitrogens with zero attached hydrogens (tertiary/aromatic N) is 1. The molecular weight excluding hydrogens is 371 g/mol. The minimum Gasteiger partial charge on any atom is -0.386 e. The first-order valence-corrected chi connectivity index (χ1v) is 9.21. The summed E-state index contributed by atoms with van der Waals surface area (Å²) in [6.07, 6.45) is -1.34. The Labute approximate surface area is 167 Å². The number of hydrogen-bond donors (Lipinski definition) is 2. The molecule has 0 unspecified atom stereocenters. The Morgan fingerprint density at radius 3 is 1.93 bits per heavy atom. The number of benzene rings is 3. The minimum atomic E-state index is -1.41. The Hall–Kier alpha value is -3.51. The zero-order valence-electron chi connectivity index (χ0n) is 15.5. The molecule has 6 heteroatoms. The highest BCUT2D eigenvalue weighted by atomic mass is 19.1. The first kappa shape index (κ1) is 18.8. The van der Waals surface area contributed by atoms with Gasteiger partial charge in [-0.2, -0.15) is 0 Å². The highest BCUT2D eigenvalue weighted by Gasteiger charge is 2.53. The van der Waals surface area contributed by atoms with Crippen molar-refractivity contribution in [1.29, 1.82) is 0 Å². The van der Waals surface area contributed by atoms with Crippen molar-refractivity contribution in [3.8, 4) is 0 Å². The van der Waals surface area contributed by atoms with E-state index in [1.165, 1.54) is 18.2 Å². The van der Waals surface area contributed by atoms with Crippen molar-refractivity contribution in [2.24, 2.45) is 0 Å². The lowest BCUT2D eigenvalue weighted by Crippen LogP contribution is -2.45. The van der Waals surface area contributed by atoms with Crippen molar-refractivity contribution >= 4 is 11.9 Å². The Balaban J connectivity index is 1.74. The second kappa shape index (κ2) is 7.48. The van der Waals surface area contributed by atoms with Crippen molar-refractivity contribution in [1.82, 2.24) is 10.2 Å². The van der Waals surface area contributed by atoms with Crippen LogP contribution in [0.1, 0.15) is 22.8 Å². The summed E-state index contributed by atoms with van der Waals surface area (Å²) < 4.78 is 14.0. The maximum absolute atomic E-state index is 14.0. The monoisotopic (exact) mass is 390 g/mol. The van der Waals surface area contributed by atoms with Gasteiger partial charge < -0.3 is 10.4 Å². The molecule has 0 spiro atoms. The maximum Gasteiger partial charge on any atom is 0.325 e. The maximum atomic E-state index is 14.0. The number of rotatable bonds is 5. The van der Waals surface area contributed by atoms with E-state index in [1.54, 1.807) is 54.6 Å². The fourth-order valence-electron chi connectivity index (χ4n) is 3.69. The van der Waals surface area contributed by atoms with Gasteiger partial charge in [-0.3, -0.25) is 9.69 Å². The summed E-state index contributed by atoms with van der Waals surface area (Å²) in [5.41, 5.74) is -0.168. The quantitative estimate of drug-likeness (QED) is 0.657. The first-order valence-electron chi connectivity index (χ1n) is 9.21. The minimum absolute atomic E-state index is 0.0324. The molecule has 3 amide bonds. The van der Waals surface area contributed by atoms with E-state index in [-0.39, 0.29) is 12.1 Å². The van der Waals surface area contributed by atoms with Crippen LogP contribution in [0.25, 0.3) is 0 Å². The normalized spacial score (nSPS) is 16.6. The van der Waals surface area contributed by atoms with E-state index < -0.39 is 29.4 Å². The highest BCUT2D eigenvalue weighted by molar-refractivity contribution is 6.09. The molecule has 2 N–H and O–H groups in total. The van der Waals surface area contributed by atoms with E-state index >= 15 is 0 Å². The first-order chi connectivity index (χ1) is 14.0. The van der Waals surface area contributed by atoms with E-state index in [0.717, 1.165) is 4.90 Å². The van der Waals surface area contributed by atoms with Crippen molar-refractivity contribution in [2.75, 3.05) is 6.54 Å². The molecule has 1 atom stereocenters. The molecule has 1 heterocycles. The van der Waals surface area contributed by atoms with Gasteiger partial charge in [-0.1, -0.05) is 78.9 Å². The largest absolute Gasteiger partial charge is 0.386 e. The Bertz CT molecular complexity index is 1000. The van der Waals surface area contributed by atoms with Crippen LogP contribution in [0.4, 0.5) is 9.18 Å². The summed E-state index contributed by atoms with van der Waals surface area (Å²) in [5.74, 6) is -1.11. The number of aliphatic hydroxyl groups excluding tert-OH is 1. The second-order valence-electron chi connectivity index (χ2n) is 6.87. The molecule has 0 bridgehead atoms. The number of halogens is 1. The van der Waals surface area contributed by atoms with Crippen LogP contribution in [-0.2, 0) is 10.3 Å². The van der Waals surface area contributed by atoms with Gasteiger partial charge in [0.15, 0.2) is 5.54 Å². The number of carbonyl (C=O) groups excluding carboxylic acids is 2. The van der Waals surface area contributed by atoms with E-state index in [4.69, 9.17) is 0 Å². The van der Waals surface area contributed by atoms with Crippen LogP contribution < -0.4 is 5.32 Å². The Morgan fingerprint density at radius 1 is 0.862 bits per heavy atom. The van der Waals surface area contributed by atoms with Gasteiger partial charge >= 0.3 is 6.03 Å². The molecule has 4 rings (SSSR count). The van der Waals surface area contributed by atoms with Crippen molar-refractivity contribution in [2.45, 2.75) is 11.6 Å². The molecule has 3 aromatic carbocycles. The standard InChI is InChI=1S/C23H19FN2O3/c24-19-14-8-7-13-18(19)20(27)15-26-21(28)23(25-22(26)29,16-9-3-1-4-10-16)17-11-5-2-6-12-17/h1-14,20,27H,15H2,(H,25,29)/t20-/m1/s1. The third kappa shape index (κ3) is 3.17. The van der Waals surface area contributed by atoms with E-state index in [2.05, 4.69) is 5.32 Å². The van der Waals surface area contributed by atoms with Crippen molar-refractivity contribution in [3.63, 3.8) is 0 Å². The number of β-amino-alcohol motifs (C(OH)–C–C–N with tert-alkyl or cyclic N) is 1. The summed E-state index contributed by atoms with van der Waals surface area (Å²) in [4.78, 5) is 27.3. The lowest BCUT2D eigenvalue weighted by atomic mass is 9.82. The van der Waals surface area contributed by atoms with Gasteiger partial charge in [-0.15, -0.1) is 0 Å². The summed E-state index contributed by atoms with van der Waals surface area (Å²) in [6, 6.07) is 23.0. The molecule has 0 aromatic heterocycles. The van der Waals surface area contributed by atoms with E-state index in [1.807, 2.05) is 12.1 Å². The molecule has 0 aliphatic carbocycles. The van der Waals surface area contributed by atoms with Crippen LogP contribution in [0, 0.1) is 5.82 Å². The Kier molecular flexibility index (Phi) is 4.86. The Morgan fingerprint density at radius 2 is 1.38 bits per heavy atom.